The Morgan fingerprint density at radius 1 is 1.50 bits per heavy atom. The van der Waals surface area contributed by atoms with Crippen LogP contribution in [-0.4, -0.2) is 17.6 Å². The molecule has 1 aliphatic carbocycles. The van der Waals surface area contributed by atoms with Gasteiger partial charge < -0.3 is 15.4 Å². The molecule has 7 heteroatoms. The molecule has 2 aromatic rings. The Bertz CT molecular complexity index is 689. The number of ether oxygens (including phenoxy) is 1. The lowest BCUT2D eigenvalue weighted by atomic mass is 10.1. The predicted molar refractivity (Wildman–Crippen MR) is 90.5 cm³/mol. The topological polar surface area (TPSA) is 63.2 Å². The molecule has 2 N–H and O–H groups in total. The molecule has 1 heterocycles. The Morgan fingerprint density at radius 2 is 2.33 bits per heavy atom. The summed E-state index contributed by atoms with van der Waals surface area (Å²) in [5, 5.41) is 7.39. The summed E-state index contributed by atoms with van der Waals surface area (Å²) in [6, 6.07) is 4.18. The van der Waals surface area contributed by atoms with Crippen LogP contribution in [0.4, 0.5) is 9.18 Å². The molecule has 3 rings (SSSR count). The molecule has 1 unspecified atom stereocenters. The molecule has 1 saturated carbocycles. The first-order valence-corrected chi connectivity index (χ1v) is 8.90. The van der Waals surface area contributed by atoms with Crippen LogP contribution >= 0.6 is 11.3 Å². The van der Waals surface area contributed by atoms with Crippen molar-refractivity contribution in [3.63, 3.8) is 0 Å². The van der Waals surface area contributed by atoms with E-state index in [9.17, 15) is 9.18 Å². The monoisotopic (exact) mass is 349 g/mol. The number of nitrogens with zero attached hydrogens (tertiary/aromatic N) is 1. The molecular weight excluding hydrogens is 329 g/mol. The summed E-state index contributed by atoms with van der Waals surface area (Å²) in [4.78, 5) is 16.0. The van der Waals surface area contributed by atoms with Gasteiger partial charge in [-0.25, -0.2) is 14.2 Å². The third-order valence-corrected chi connectivity index (χ3v) is 4.52. The highest BCUT2D eigenvalue weighted by Gasteiger charge is 2.22. The largest absolute Gasteiger partial charge is 0.490 e. The number of rotatable bonds is 7. The number of carbonyl (C=O) groups is 1. The lowest BCUT2D eigenvalue weighted by Gasteiger charge is -2.16. The van der Waals surface area contributed by atoms with Crippen molar-refractivity contribution < 1.29 is 13.9 Å². The fourth-order valence-electron chi connectivity index (χ4n) is 2.22. The van der Waals surface area contributed by atoms with Crippen molar-refractivity contribution in [2.45, 2.75) is 32.4 Å². The molecule has 2 amide bonds. The van der Waals surface area contributed by atoms with Crippen molar-refractivity contribution in [3.05, 3.63) is 46.2 Å². The molecule has 1 aromatic heterocycles. The van der Waals surface area contributed by atoms with Crippen molar-refractivity contribution in [2.24, 2.45) is 5.92 Å². The minimum absolute atomic E-state index is 0.269. The molecule has 0 saturated heterocycles. The summed E-state index contributed by atoms with van der Waals surface area (Å²) in [6.45, 7) is 2.75. The first-order chi connectivity index (χ1) is 11.6. The number of benzene rings is 1. The Labute approximate surface area is 144 Å². The lowest BCUT2D eigenvalue weighted by Crippen LogP contribution is -2.36. The van der Waals surface area contributed by atoms with Gasteiger partial charge >= 0.3 is 6.03 Å². The van der Waals surface area contributed by atoms with Crippen LogP contribution in [0.1, 0.15) is 37.1 Å². The van der Waals surface area contributed by atoms with E-state index in [1.165, 1.54) is 17.4 Å². The van der Waals surface area contributed by atoms with Gasteiger partial charge in [-0.05, 0) is 43.4 Å². The van der Waals surface area contributed by atoms with Crippen LogP contribution < -0.4 is 15.4 Å². The summed E-state index contributed by atoms with van der Waals surface area (Å²) in [6.07, 6.45) is 2.33. The van der Waals surface area contributed by atoms with Crippen LogP contribution in [0, 0.1) is 11.7 Å². The van der Waals surface area contributed by atoms with Gasteiger partial charge in [-0.2, -0.15) is 0 Å². The zero-order valence-corrected chi connectivity index (χ0v) is 14.2. The fourth-order valence-corrected chi connectivity index (χ4v) is 2.78. The van der Waals surface area contributed by atoms with E-state index in [1.807, 2.05) is 12.3 Å². The number of hydrogen-bond acceptors (Lipinski definition) is 4. The maximum absolute atomic E-state index is 14.1. The molecule has 128 valence electrons. The van der Waals surface area contributed by atoms with E-state index < -0.39 is 5.82 Å². The van der Waals surface area contributed by atoms with E-state index in [1.54, 1.807) is 17.6 Å². The summed E-state index contributed by atoms with van der Waals surface area (Å²) < 4.78 is 19.6. The van der Waals surface area contributed by atoms with Crippen LogP contribution in [-0.2, 0) is 6.54 Å². The van der Waals surface area contributed by atoms with Crippen molar-refractivity contribution in [2.75, 3.05) is 6.61 Å². The number of hydrogen-bond donors (Lipinski definition) is 2. The third kappa shape index (κ3) is 4.67. The van der Waals surface area contributed by atoms with E-state index in [0.29, 0.717) is 24.6 Å². The minimum atomic E-state index is -0.398. The molecule has 0 aliphatic heterocycles. The van der Waals surface area contributed by atoms with Crippen LogP contribution in [0.5, 0.6) is 5.75 Å². The van der Waals surface area contributed by atoms with Gasteiger partial charge in [0.2, 0.25) is 0 Å². The SMILES string of the molecule is CC(NC(=O)NCc1cscn1)c1ccc(OCC2CC2)c(F)c1. The Balaban J connectivity index is 1.50. The first-order valence-electron chi connectivity index (χ1n) is 7.95. The number of thiazole rings is 1. The molecule has 0 radical (unpaired) electrons. The summed E-state index contributed by atoms with van der Waals surface area (Å²) in [5.41, 5.74) is 3.22. The van der Waals surface area contributed by atoms with E-state index in [2.05, 4.69) is 15.6 Å². The number of aromatic nitrogens is 1. The van der Waals surface area contributed by atoms with Gasteiger partial charge in [0.25, 0.3) is 0 Å². The lowest BCUT2D eigenvalue weighted by molar-refractivity contribution is 0.237. The Morgan fingerprint density at radius 3 is 3.00 bits per heavy atom. The second kappa shape index (κ2) is 7.61. The Hall–Kier alpha value is -2.15. The molecular formula is C17H20FN3O2S. The molecule has 1 aliphatic rings. The average Bonchev–Trinajstić information content (AvgIpc) is 3.24. The van der Waals surface area contributed by atoms with Gasteiger partial charge in [-0.3, -0.25) is 0 Å². The van der Waals surface area contributed by atoms with E-state index >= 15 is 0 Å². The van der Waals surface area contributed by atoms with Gasteiger partial charge in [0, 0.05) is 5.38 Å². The standard InChI is InChI=1S/C17H20FN3O2S/c1-11(21-17(22)19-7-14-9-24-10-20-14)13-4-5-16(15(18)6-13)23-8-12-2-3-12/h4-6,9-12H,2-3,7-8H2,1H3,(H2,19,21,22). The van der Waals surface area contributed by atoms with Gasteiger partial charge in [-0.15, -0.1) is 11.3 Å². The molecule has 1 aromatic carbocycles. The second-order valence-electron chi connectivity index (χ2n) is 5.97. The minimum Gasteiger partial charge on any atom is -0.490 e. The summed E-state index contributed by atoms with van der Waals surface area (Å²) in [7, 11) is 0. The van der Waals surface area contributed by atoms with Crippen LogP contribution in [0.3, 0.4) is 0 Å². The zero-order chi connectivity index (χ0) is 16.9. The average molecular weight is 349 g/mol. The number of carbonyl (C=O) groups excluding carboxylic acids is 1. The van der Waals surface area contributed by atoms with Gasteiger partial charge in [-0.1, -0.05) is 6.07 Å². The molecule has 24 heavy (non-hydrogen) atoms. The highest BCUT2D eigenvalue weighted by molar-refractivity contribution is 7.07. The van der Waals surface area contributed by atoms with E-state index in [-0.39, 0.29) is 17.8 Å². The first kappa shape index (κ1) is 16.7. The summed E-state index contributed by atoms with van der Waals surface area (Å²) in [5.74, 6) is 0.446. The van der Waals surface area contributed by atoms with Crippen LogP contribution in [0.2, 0.25) is 0 Å². The van der Waals surface area contributed by atoms with Crippen molar-refractivity contribution >= 4 is 17.4 Å². The van der Waals surface area contributed by atoms with Crippen molar-refractivity contribution in [1.82, 2.24) is 15.6 Å². The molecule has 1 atom stereocenters. The number of nitrogens with one attached hydrogen (secondary N) is 2. The molecule has 5 nitrogen and oxygen atoms in total. The quantitative estimate of drug-likeness (QED) is 0.802. The second-order valence-corrected chi connectivity index (χ2v) is 6.69. The molecule has 1 fully saturated rings. The highest BCUT2D eigenvalue weighted by atomic mass is 32.1. The summed E-state index contributed by atoms with van der Waals surface area (Å²) >= 11 is 1.48. The van der Waals surface area contributed by atoms with Gasteiger partial charge in [0.15, 0.2) is 11.6 Å². The fraction of sp³-hybridized carbons (Fsp3) is 0.412. The zero-order valence-electron chi connectivity index (χ0n) is 13.4. The van der Waals surface area contributed by atoms with Crippen molar-refractivity contribution in [3.8, 4) is 5.75 Å². The van der Waals surface area contributed by atoms with Crippen LogP contribution in [0.25, 0.3) is 0 Å². The maximum atomic E-state index is 14.1. The molecule has 0 spiro atoms. The van der Waals surface area contributed by atoms with Gasteiger partial charge in [0.1, 0.15) is 0 Å². The Kier molecular flexibility index (Phi) is 5.30. The van der Waals surface area contributed by atoms with Crippen LogP contribution in [0.15, 0.2) is 29.1 Å². The van der Waals surface area contributed by atoms with E-state index in [0.717, 1.165) is 18.5 Å². The number of amides is 2. The van der Waals surface area contributed by atoms with Gasteiger partial charge in [0.05, 0.1) is 30.4 Å². The normalized spacial score (nSPS) is 14.9. The van der Waals surface area contributed by atoms with Crippen molar-refractivity contribution in [1.29, 1.82) is 0 Å². The maximum Gasteiger partial charge on any atom is 0.315 e. The number of halogens is 1. The predicted octanol–water partition coefficient (Wildman–Crippen LogP) is 3.63. The number of urea groups is 1. The van der Waals surface area contributed by atoms with E-state index in [4.69, 9.17) is 4.74 Å². The molecule has 0 bridgehead atoms. The smallest absolute Gasteiger partial charge is 0.315 e. The third-order valence-electron chi connectivity index (χ3n) is 3.89. The highest BCUT2D eigenvalue weighted by Crippen LogP contribution is 2.30.